The highest BCUT2D eigenvalue weighted by atomic mass is 15.2. The average molecular weight is 370 g/mol. The fraction of sp³-hybridized carbons (Fsp3) is 0.455. The number of hydrogen-bond donors (Lipinski definition) is 2. The molecule has 0 saturated carbocycles. The molecule has 0 fully saturated rings. The van der Waals surface area contributed by atoms with Crippen LogP contribution >= 0.6 is 0 Å². The summed E-state index contributed by atoms with van der Waals surface area (Å²) in [6.45, 7) is 13.8. The Labute approximate surface area is 164 Å². The molecule has 0 aliphatic carbocycles. The van der Waals surface area contributed by atoms with Gasteiger partial charge in [-0.2, -0.15) is 0 Å². The molecule has 0 amide bonds. The SMILES string of the molecule is CCN(CCN(CC)c1ccc(N)cc1)CCN(CC)c1ccc(N)cc1. The molecule has 0 aliphatic rings. The van der Waals surface area contributed by atoms with Gasteiger partial charge in [-0.1, -0.05) is 6.92 Å². The topological polar surface area (TPSA) is 61.8 Å². The van der Waals surface area contributed by atoms with Crippen LogP contribution in [0, 0.1) is 0 Å². The largest absolute Gasteiger partial charge is 0.399 e. The highest BCUT2D eigenvalue weighted by Gasteiger charge is 2.10. The first-order chi connectivity index (χ1) is 13.1. The lowest BCUT2D eigenvalue weighted by molar-refractivity contribution is 0.299. The molecule has 0 aromatic heterocycles. The maximum absolute atomic E-state index is 5.81. The van der Waals surface area contributed by atoms with Crippen LogP contribution < -0.4 is 21.3 Å². The summed E-state index contributed by atoms with van der Waals surface area (Å²) in [5, 5.41) is 0. The fourth-order valence-corrected chi connectivity index (χ4v) is 3.26. The van der Waals surface area contributed by atoms with Crippen molar-refractivity contribution in [2.75, 3.05) is 67.1 Å². The van der Waals surface area contributed by atoms with Crippen molar-refractivity contribution in [3.05, 3.63) is 48.5 Å². The number of benzene rings is 2. The third kappa shape index (κ3) is 6.36. The van der Waals surface area contributed by atoms with Crippen molar-refractivity contribution in [1.29, 1.82) is 0 Å². The first-order valence-electron chi connectivity index (χ1n) is 10.0. The minimum absolute atomic E-state index is 0.812. The second-order valence-electron chi connectivity index (χ2n) is 6.78. The van der Waals surface area contributed by atoms with E-state index in [9.17, 15) is 0 Å². The van der Waals surface area contributed by atoms with Gasteiger partial charge < -0.3 is 26.2 Å². The predicted molar refractivity (Wildman–Crippen MR) is 120 cm³/mol. The summed E-state index contributed by atoms with van der Waals surface area (Å²) in [4.78, 5) is 7.32. The van der Waals surface area contributed by atoms with Crippen LogP contribution in [0.5, 0.6) is 0 Å². The number of anilines is 4. The average Bonchev–Trinajstić information content (AvgIpc) is 2.69. The molecule has 27 heavy (non-hydrogen) atoms. The minimum atomic E-state index is 0.812. The zero-order valence-corrected chi connectivity index (χ0v) is 17.1. The van der Waals surface area contributed by atoms with E-state index in [2.05, 4.69) is 59.7 Å². The molecule has 0 atom stereocenters. The molecule has 4 N–H and O–H groups in total. The third-order valence-electron chi connectivity index (χ3n) is 5.10. The second-order valence-corrected chi connectivity index (χ2v) is 6.78. The summed E-state index contributed by atoms with van der Waals surface area (Å²) in [5.41, 5.74) is 15.7. The Balaban J connectivity index is 1.88. The summed E-state index contributed by atoms with van der Waals surface area (Å²) in [6, 6.07) is 16.3. The fourth-order valence-electron chi connectivity index (χ4n) is 3.26. The number of nitrogens with two attached hydrogens (primary N) is 2. The van der Waals surface area contributed by atoms with E-state index in [1.54, 1.807) is 0 Å². The molecule has 0 spiro atoms. The Hall–Kier alpha value is -2.40. The Morgan fingerprint density at radius 3 is 1.22 bits per heavy atom. The van der Waals surface area contributed by atoms with Gasteiger partial charge in [0.25, 0.3) is 0 Å². The standard InChI is InChI=1S/C22H35N5/c1-4-25(15-17-26(5-2)21-11-7-19(23)8-12-21)16-18-27(6-3)22-13-9-20(24)10-14-22/h7-14H,4-6,15-18,23-24H2,1-3H3. The summed E-state index contributed by atoms with van der Waals surface area (Å²) in [7, 11) is 0. The van der Waals surface area contributed by atoms with Crippen molar-refractivity contribution in [2.24, 2.45) is 0 Å². The van der Waals surface area contributed by atoms with Crippen LogP contribution in [0.3, 0.4) is 0 Å². The quantitative estimate of drug-likeness (QED) is 0.593. The Morgan fingerprint density at radius 2 is 0.926 bits per heavy atom. The van der Waals surface area contributed by atoms with E-state index in [-0.39, 0.29) is 0 Å². The molecule has 0 saturated heterocycles. The lowest BCUT2D eigenvalue weighted by Gasteiger charge is -2.30. The van der Waals surface area contributed by atoms with Gasteiger partial charge in [0.1, 0.15) is 0 Å². The van der Waals surface area contributed by atoms with Gasteiger partial charge in [-0.3, -0.25) is 0 Å². The molecule has 2 aromatic rings. The zero-order chi connectivity index (χ0) is 19.6. The molecular formula is C22H35N5. The van der Waals surface area contributed by atoms with Crippen molar-refractivity contribution < 1.29 is 0 Å². The van der Waals surface area contributed by atoms with Crippen molar-refractivity contribution in [1.82, 2.24) is 4.90 Å². The summed E-state index contributed by atoms with van der Waals surface area (Å²) >= 11 is 0. The van der Waals surface area contributed by atoms with Crippen molar-refractivity contribution in [2.45, 2.75) is 20.8 Å². The molecule has 0 radical (unpaired) electrons. The Morgan fingerprint density at radius 1 is 0.556 bits per heavy atom. The van der Waals surface area contributed by atoms with E-state index in [4.69, 9.17) is 11.5 Å². The van der Waals surface area contributed by atoms with Gasteiger partial charge in [0, 0.05) is 62.0 Å². The summed E-state index contributed by atoms with van der Waals surface area (Å²) in [5.74, 6) is 0. The molecule has 5 nitrogen and oxygen atoms in total. The lowest BCUT2D eigenvalue weighted by Crippen LogP contribution is -2.39. The highest BCUT2D eigenvalue weighted by molar-refractivity contribution is 5.54. The lowest BCUT2D eigenvalue weighted by atomic mass is 10.2. The number of rotatable bonds is 11. The molecule has 0 unspecified atom stereocenters. The Kier molecular flexibility index (Phi) is 8.27. The zero-order valence-electron chi connectivity index (χ0n) is 17.1. The Bertz CT molecular complexity index is 596. The predicted octanol–water partition coefficient (Wildman–Crippen LogP) is 3.53. The van der Waals surface area contributed by atoms with E-state index in [0.717, 1.165) is 57.2 Å². The highest BCUT2D eigenvalue weighted by Crippen LogP contribution is 2.17. The first kappa shape index (κ1) is 20.9. The van der Waals surface area contributed by atoms with Gasteiger partial charge in [0.2, 0.25) is 0 Å². The van der Waals surface area contributed by atoms with Gasteiger partial charge >= 0.3 is 0 Å². The van der Waals surface area contributed by atoms with E-state index >= 15 is 0 Å². The summed E-state index contributed by atoms with van der Waals surface area (Å²) in [6.07, 6.45) is 0. The molecule has 5 heteroatoms. The smallest absolute Gasteiger partial charge is 0.0368 e. The normalized spacial score (nSPS) is 11.0. The first-order valence-corrected chi connectivity index (χ1v) is 10.0. The second kappa shape index (κ2) is 10.7. The summed E-state index contributed by atoms with van der Waals surface area (Å²) < 4.78 is 0. The monoisotopic (exact) mass is 369 g/mol. The third-order valence-corrected chi connectivity index (χ3v) is 5.10. The van der Waals surface area contributed by atoms with Crippen LogP contribution in [-0.2, 0) is 0 Å². The molecule has 2 rings (SSSR count). The molecule has 148 valence electrons. The number of nitrogens with zero attached hydrogens (tertiary/aromatic N) is 3. The van der Waals surface area contributed by atoms with Crippen LogP contribution in [0.15, 0.2) is 48.5 Å². The number of likely N-dealkylation sites (N-methyl/N-ethyl adjacent to an activating group) is 3. The molecule has 2 aromatic carbocycles. The molecule has 0 aliphatic heterocycles. The van der Waals surface area contributed by atoms with E-state index in [1.807, 2.05) is 24.3 Å². The van der Waals surface area contributed by atoms with Gasteiger partial charge in [0.05, 0.1) is 0 Å². The van der Waals surface area contributed by atoms with Crippen LogP contribution in [0.25, 0.3) is 0 Å². The van der Waals surface area contributed by atoms with Crippen molar-refractivity contribution >= 4 is 22.7 Å². The molecule has 0 heterocycles. The van der Waals surface area contributed by atoms with Crippen molar-refractivity contribution in [3.8, 4) is 0 Å². The van der Waals surface area contributed by atoms with Crippen molar-refractivity contribution in [3.63, 3.8) is 0 Å². The number of hydrogen-bond acceptors (Lipinski definition) is 5. The van der Waals surface area contributed by atoms with Gasteiger partial charge in [0.15, 0.2) is 0 Å². The van der Waals surface area contributed by atoms with Crippen LogP contribution in [0.4, 0.5) is 22.7 Å². The molecular weight excluding hydrogens is 334 g/mol. The minimum Gasteiger partial charge on any atom is -0.399 e. The van der Waals surface area contributed by atoms with Crippen LogP contribution in [-0.4, -0.2) is 50.7 Å². The van der Waals surface area contributed by atoms with Gasteiger partial charge in [-0.15, -0.1) is 0 Å². The maximum Gasteiger partial charge on any atom is 0.0368 e. The van der Waals surface area contributed by atoms with E-state index < -0.39 is 0 Å². The van der Waals surface area contributed by atoms with Crippen LogP contribution in [0.2, 0.25) is 0 Å². The van der Waals surface area contributed by atoms with Gasteiger partial charge in [-0.25, -0.2) is 0 Å². The molecule has 0 bridgehead atoms. The van der Waals surface area contributed by atoms with E-state index in [1.165, 1.54) is 11.4 Å². The maximum atomic E-state index is 5.81. The van der Waals surface area contributed by atoms with Gasteiger partial charge in [-0.05, 0) is 68.9 Å². The number of nitrogen functional groups attached to an aromatic ring is 2. The van der Waals surface area contributed by atoms with Crippen LogP contribution in [0.1, 0.15) is 20.8 Å². The van der Waals surface area contributed by atoms with E-state index in [0.29, 0.717) is 0 Å².